The lowest BCUT2D eigenvalue weighted by Crippen LogP contribution is -2.62. The van der Waals surface area contributed by atoms with Crippen LogP contribution in [0.3, 0.4) is 0 Å². The lowest BCUT2D eigenvalue weighted by Gasteiger charge is -2.37. The third kappa shape index (κ3) is 2.61. The molecule has 1 aliphatic heterocycles. The predicted octanol–water partition coefficient (Wildman–Crippen LogP) is 2.04. The summed E-state index contributed by atoms with van der Waals surface area (Å²) in [4.78, 5) is 27.0. The molecule has 0 saturated carbocycles. The summed E-state index contributed by atoms with van der Waals surface area (Å²) in [5, 5.41) is 2.72. The normalized spacial score (nSPS) is 23.4. The van der Waals surface area contributed by atoms with Gasteiger partial charge >= 0.3 is 0 Å². The number of carbonyl (C=O) groups excluding carboxylic acids is 2. The maximum Gasteiger partial charge on any atom is 0.250 e. The Bertz CT molecular complexity index is 487. The minimum absolute atomic E-state index is 0.0525. The second-order valence-corrected chi connectivity index (χ2v) is 5.44. The number of nitrogens with zero attached hydrogens (tertiary/aromatic N) is 1. The highest BCUT2D eigenvalue weighted by molar-refractivity contribution is 7.98. The van der Waals surface area contributed by atoms with Crippen LogP contribution < -0.4 is 10.2 Å². The molecular weight excluding hydrogens is 260 g/mol. The molecule has 1 N–H and O–H groups in total. The SMILES string of the molecule is CCC1C(=O)NC(C)C(=O)N1c1ccc(SC)cc1. The molecule has 1 fully saturated rings. The first-order valence-corrected chi connectivity index (χ1v) is 7.58. The lowest BCUT2D eigenvalue weighted by molar-refractivity contribution is -0.133. The first-order chi connectivity index (χ1) is 9.08. The molecule has 1 aromatic rings. The van der Waals surface area contributed by atoms with Crippen LogP contribution >= 0.6 is 11.8 Å². The van der Waals surface area contributed by atoms with Gasteiger partial charge in [-0.15, -0.1) is 11.8 Å². The molecule has 5 heteroatoms. The standard InChI is InChI=1S/C14H18N2O2S/c1-4-12-13(17)15-9(2)14(18)16(12)10-5-7-11(19-3)8-6-10/h5-9,12H,4H2,1-3H3,(H,15,17). The zero-order valence-corrected chi connectivity index (χ0v) is 12.2. The van der Waals surface area contributed by atoms with E-state index < -0.39 is 12.1 Å². The van der Waals surface area contributed by atoms with Crippen molar-refractivity contribution < 1.29 is 9.59 Å². The Labute approximate surface area is 117 Å². The van der Waals surface area contributed by atoms with E-state index in [1.807, 2.05) is 37.4 Å². The molecule has 0 radical (unpaired) electrons. The summed E-state index contributed by atoms with van der Waals surface area (Å²) in [6, 6.07) is 6.86. The molecular formula is C14H18N2O2S. The van der Waals surface area contributed by atoms with Crippen LogP contribution in [-0.2, 0) is 9.59 Å². The van der Waals surface area contributed by atoms with Crippen molar-refractivity contribution in [2.24, 2.45) is 0 Å². The van der Waals surface area contributed by atoms with Gasteiger partial charge in [0.15, 0.2) is 0 Å². The summed E-state index contributed by atoms with van der Waals surface area (Å²) >= 11 is 1.65. The summed E-state index contributed by atoms with van der Waals surface area (Å²) in [5.74, 6) is -0.133. The Morgan fingerprint density at radius 1 is 1.26 bits per heavy atom. The highest BCUT2D eigenvalue weighted by Gasteiger charge is 2.38. The maximum absolute atomic E-state index is 12.3. The Morgan fingerprint density at radius 2 is 1.89 bits per heavy atom. The molecule has 19 heavy (non-hydrogen) atoms. The molecule has 0 aliphatic carbocycles. The van der Waals surface area contributed by atoms with Gasteiger partial charge in [-0.25, -0.2) is 0 Å². The summed E-state index contributed by atoms with van der Waals surface area (Å²) in [6.07, 6.45) is 2.61. The first-order valence-electron chi connectivity index (χ1n) is 6.36. The fraction of sp³-hybridized carbons (Fsp3) is 0.429. The Balaban J connectivity index is 2.36. The number of amides is 2. The Hall–Kier alpha value is -1.49. The fourth-order valence-electron chi connectivity index (χ4n) is 2.27. The summed E-state index contributed by atoms with van der Waals surface area (Å²) in [6.45, 7) is 3.63. The molecule has 2 amide bonds. The quantitative estimate of drug-likeness (QED) is 0.861. The minimum atomic E-state index is -0.462. The van der Waals surface area contributed by atoms with Crippen molar-refractivity contribution in [1.82, 2.24) is 5.32 Å². The van der Waals surface area contributed by atoms with E-state index in [2.05, 4.69) is 5.32 Å². The van der Waals surface area contributed by atoms with Crippen molar-refractivity contribution in [1.29, 1.82) is 0 Å². The fourth-order valence-corrected chi connectivity index (χ4v) is 2.68. The Kier molecular flexibility index (Phi) is 4.14. The second-order valence-electron chi connectivity index (χ2n) is 4.56. The average Bonchev–Trinajstić information content (AvgIpc) is 2.42. The monoisotopic (exact) mass is 278 g/mol. The molecule has 2 rings (SSSR count). The number of thioether (sulfide) groups is 1. The molecule has 1 aliphatic rings. The van der Waals surface area contributed by atoms with Gasteiger partial charge in [0.1, 0.15) is 12.1 Å². The van der Waals surface area contributed by atoms with Crippen LogP contribution in [-0.4, -0.2) is 30.2 Å². The van der Waals surface area contributed by atoms with Crippen LogP contribution in [0.15, 0.2) is 29.2 Å². The second kappa shape index (κ2) is 5.65. The zero-order valence-electron chi connectivity index (χ0n) is 11.3. The Morgan fingerprint density at radius 3 is 2.42 bits per heavy atom. The third-order valence-corrected chi connectivity index (χ3v) is 4.06. The molecule has 1 heterocycles. The molecule has 1 saturated heterocycles. The van der Waals surface area contributed by atoms with Crippen molar-refractivity contribution in [3.8, 4) is 0 Å². The number of carbonyl (C=O) groups is 2. The van der Waals surface area contributed by atoms with Crippen molar-refractivity contribution >= 4 is 29.3 Å². The zero-order chi connectivity index (χ0) is 14.0. The third-order valence-electron chi connectivity index (χ3n) is 3.32. The lowest BCUT2D eigenvalue weighted by atomic mass is 10.0. The van der Waals surface area contributed by atoms with Gasteiger partial charge in [0, 0.05) is 10.6 Å². The van der Waals surface area contributed by atoms with E-state index in [0.29, 0.717) is 6.42 Å². The van der Waals surface area contributed by atoms with Gasteiger partial charge in [0.05, 0.1) is 0 Å². The first kappa shape index (κ1) is 13.9. The van der Waals surface area contributed by atoms with E-state index in [1.54, 1.807) is 23.6 Å². The maximum atomic E-state index is 12.3. The highest BCUT2D eigenvalue weighted by Crippen LogP contribution is 2.25. The number of piperazine rings is 1. The molecule has 0 aromatic heterocycles. The number of hydrogen-bond donors (Lipinski definition) is 1. The van der Waals surface area contributed by atoms with Gasteiger partial charge in [-0.3, -0.25) is 14.5 Å². The minimum Gasteiger partial charge on any atom is -0.343 e. The van der Waals surface area contributed by atoms with E-state index in [1.165, 1.54) is 0 Å². The number of anilines is 1. The smallest absolute Gasteiger partial charge is 0.250 e. The molecule has 1 aromatic carbocycles. The number of benzene rings is 1. The van der Waals surface area contributed by atoms with Crippen LogP contribution in [0, 0.1) is 0 Å². The van der Waals surface area contributed by atoms with E-state index in [0.717, 1.165) is 10.6 Å². The van der Waals surface area contributed by atoms with Crippen LogP contribution in [0.1, 0.15) is 20.3 Å². The predicted molar refractivity (Wildman–Crippen MR) is 77.4 cm³/mol. The highest BCUT2D eigenvalue weighted by atomic mass is 32.2. The van der Waals surface area contributed by atoms with Crippen LogP contribution in [0.25, 0.3) is 0 Å². The van der Waals surface area contributed by atoms with E-state index >= 15 is 0 Å². The summed E-state index contributed by atoms with van der Waals surface area (Å²) in [7, 11) is 0. The van der Waals surface area contributed by atoms with Crippen molar-refractivity contribution in [3.63, 3.8) is 0 Å². The van der Waals surface area contributed by atoms with Crippen molar-refractivity contribution in [3.05, 3.63) is 24.3 Å². The summed E-state index contributed by atoms with van der Waals surface area (Å²) < 4.78 is 0. The van der Waals surface area contributed by atoms with E-state index in [9.17, 15) is 9.59 Å². The van der Waals surface area contributed by atoms with Gasteiger partial charge in [0.25, 0.3) is 0 Å². The molecule has 2 unspecified atom stereocenters. The van der Waals surface area contributed by atoms with Crippen molar-refractivity contribution in [2.45, 2.75) is 37.2 Å². The number of nitrogens with one attached hydrogen (secondary N) is 1. The van der Waals surface area contributed by atoms with E-state index in [4.69, 9.17) is 0 Å². The average molecular weight is 278 g/mol. The van der Waals surface area contributed by atoms with Gasteiger partial charge in [-0.1, -0.05) is 6.92 Å². The molecule has 0 bridgehead atoms. The van der Waals surface area contributed by atoms with Gasteiger partial charge < -0.3 is 5.32 Å². The largest absolute Gasteiger partial charge is 0.343 e. The topological polar surface area (TPSA) is 49.4 Å². The molecule has 0 spiro atoms. The molecule has 4 nitrogen and oxygen atoms in total. The molecule has 2 atom stereocenters. The van der Waals surface area contributed by atoms with Crippen LogP contribution in [0.5, 0.6) is 0 Å². The van der Waals surface area contributed by atoms with Gasteiger partial charge in [-0.05, 0) is 43.9 Å². The molecule has 102 valence electrons. The van der Waals surface area contributed by atoms with Gasteiger partial charge in [0.2, 0.25) is 11.8 Å². The van der Waals surface area contributed by atoms with Crippen LogP contribution in [0.2, 0.25) is 0 Å². The van der Waals surface area contributed by atoms with Gasteiger partial charge in [-0.2, -0.15) is 0 Å². The van der Waals surface area contributed by atoms with Crippen LogP contribution in [0.4, 0.5) is 5.69 Å². The van der Waals surface area contributed by atoms with E-state index in [-0.39, 0.29) is 11.8 Å². The van der Waals surface area contributed by atoms with Crippen molar-refractivity contribution in [2.75, 3.05) is 11.2 Å². The number of hydrogen-bond acceptors (Lipinski definition) is 3. The summed E-state index contributed by atoms with van der Waals surface area (Å²) in [5.41, 5.74) is 0.788. The number of rotatable bonds is 3.